The molecule has 2 aliphatic heterocycles. The van der Waals surface area contributed by atoms with Crippen LogP contribution in [0.2, 0.25) is 0 Å². The topological polar surface area (TPSA) is 114 Å². The van der Waals surface area contributed by atoms with Gasteiger partial charge in [-0.3, -0.25) is 19.2 Å². The number of hydrogen-bond donors (Lipinski definition) is 0. The van der Waals surface area contributed by atoms with E-state index in [2.05, 4.69) is 0 Å². The van der Waals surface area contributed by atoms with Gasteiger partial charge in [0.2, 0.25) is 0 Å². The minimum Gasteiger partial charge on any atom is -0.484 e. The van der Waals surface area contributed by atoms with Crippen LogP contribution in [0.5, 0.6) is 28.7 Å². The molecule has 2 aromatic rings. The smallest absolute Gasteiger partial charge is 0.308 e. The summed E-state index contributed by atoms with van der Waals surface area (Å²) in [5.74, 6) is -0.970. The first-order valence-electron chi connectivity index (χ1n) is 12.9. The molecule has 2 aliphatic rings. The number of ketones is 1. The van der Waals surface area contributed by atoms with Gasteiger partial charge in [-0.2, -0.15) is 0 Å². The van der Waals surface area contributed by atoms with Gasteiger partial charge >= 0.3 is 17.9 Å². The van der Waals surface area contributed by atoms with Crippen molar-refractivity contribution in [2.45, 2.75) is 73.0 Å². The molecule has 2 heterocycles. The number of benzene rings is 2. The summed E-state index contributed by atoms with van der Waals surface area (Å²) in [4.78, 5) is 49.2. The Morgan fingerprint density at radius 2 is 1.52 bits per heavy atom. The van der Waals surface area contributed by atoms with Gasteiger partial charge in [0.25, 0.3) is 0 Å². The lowest BCUT2D eigenvalue weighted by atomic mass is 9.88. The van der Waals surface area contributed by atoms with Gasteiger partial charge in [-0.15, -0.1) is 0 Å². The average Bonchev–Trinajstić information content (AvgIpc) is 2.81. The molecule has 0 amide bonds. The van der Waals surface area contributed by atoms with E-state index in [0.29, 0.717) is 28.9 Å². The molecule has 210 valence electrons. The number of hydrogen-bond acceptors (Lipinski definition) is 9. The number of esters is 3. The van der Waals surface area contributed by atoms with Crippen LogP contribution in [0.4, 0.5) is 0 Å². The molecular weight excluding hydrogens is 516 g/mol. The third-order valence-corrected chi connectivity index (χ3v) is 6.18. The van der Waals surface area contributed by atoms with Crippen molar-refractivity contribution in [3.05, 3.63) is 58.2 Å². The zero-order chi connectivity index (χ0) is 29.4. The van der Waals surface area contributed by atoms with Crippen molar-refractivity contribution in [1.82, 2.24) is 0 Å². The quantitative estimate of drug-likeness (QED) is 0.249. The van der Waals surface area contributed by atoms with Crippen LogP contribution in [0.25, 0.3) is 6.08 Å². The first-order valence-corrected chi connectivity index (χ1v) is 12.9. The van der Waals surface area contributed by atoms with Gasteiger partial charge < -0.3 is 23.7 Å². The Hall–Kier alpha value is -4.40. The lowest BCUT2D eigenvalue weighted by Gasteiger charge is -2.35. The van der Waals surface area contributed by atoms with Crippen molar-refractivity contribution in [3.8, 4) is 28.7 Å². The summed E-state index contributed by atoms with van der Waals surface area (Å²) in [5, 5.41) is 0. The summed E-state index contributed by atoms with van der Waals surface area (Å²) in [6, 6.07) is 4.52. The second kappa shape index (κ2) is 11.0. The second-order valence-electron chi connectivity index (χ2n) is 10.5. The Bertz CT molecular complexity index is 1440. The Morgan fingerprint density at radius 3 is 2.08 bits per heavy atom. The molecule has 0 radical (unpaired) electrons. The number of carbonyl (C=O) groups excluding carboxylic acids is 4. The molecule has 4 rings (SSSR count). The lowest BCUT2D eigenvalue weighted by molar-refractivity contribution is -0.133. The van der Waals surface area contributed by atoms with E-state index < -0.39 is 29.6 Å². The van der Waals surface area contributed by atoms with Gasteiger partial charge in [0, 0.05) is 38.0 Å². The molecule has 1 atom stereocenters. The Labute approximate surface area is 232 Å². The number of Topliss-reactive ketones (excluding diaryl/α,β-unsaturated/α-hetero) is 1. The number of ether oxygens (including phenoxy) is 5. The van der Waals surface area contributed by atoms with Crippen molar-refractivity contribution >= 4 is 29.8 Å². The maximum absolute atomic E-state index is 13.8. The number of carbonyl (C=O) groups is 4. The summed E-state index contributed by atoms with van der Waals surface area (Å²) in [5.41, 5.74) is 2.13. The Kier molecular flexibility index (Phi) is 7.86. The van der Waals surface area contributed by atoms with Gasteiger partial charge in [-0.1, -0.05) is 11.6 Å². The molecule has 0 saturated carbocycles. The van der Waals surface area contributed by atoms with Crippen molar-refractivity contribution in [3.63, 3.8) is 0 Å². The highest BCUT2D eigenvalue weighted by atomic mass is 16.6. The van der Waals surface area contributed by atoms with Crippen LogP contribution in [-0.2, 0) is 20.8 Å². The zero-order valence-corrected chi connectivity index (χ0v) is 23.6. The zero-order valence-electron chi connectivity index (χ0n) is 23.6. The summed E-state index contributed by atoms with van der Waals surface area (Å²) >= 11 is 0. The van der Waals surface area contributed by atoms with Crippen LogP contribution in [0.15, 0.2) is 35.9 Å². The molecule has 0 spiro atoms. The van der Waals surface area contributed by atoms with Gasteiger partial charge in [0.1, 0.15) is 40.3 Å². The Morgan fingerprint density at radius 1 is 0.925 bits per heavy atom. The van der Waals surface area contributed by atoms with E-state index in [-0.39, 0.29) is 40.8 Å². The summed E-state index contributed by atoms with van der Waals surface area (Å²) in [6.45, 7) is 11.5. The van der Waals surface area contributed by atoms with Crippen LogP contribution < -0.4 is 23.7 Å². The highest BCUT2D eigenvalue weighted by molar-refractivity contribution is 6.05. The van der Waals surface area contributed by atoms with Crippen LogP contribution in [0, 0.1) is 0 Å². The summed E-state index contributed by atoms with van der Waals surface area (Å²) < 4.78 is 29.0. The molecule has 0 aromatic heterocycles. The van der Waals surface area contributed by atoms with Crippen molar-refractivity contribution in [1.29, 1.82) is 0 Å². The molecule has 40 heavy (non-hydrogen) atoms. The molecular formula is C31H32O9. The van der Waals surface area contributed by atoms with E-state index in [1.807, 2.05) is 39.8 Å². The number of allylic oxidation sites excluding steroid dienone is 2. The third-order valence-electron chi connectivity index (χ3n) is 6.18. The summed E-state index contributed by atoms with van der Waals surface area (Å²) in [6.07, 6.45) is 5.09. The molecule has 2 aromatic carbocycles. The van der Waals surface area contributed by atoms with Crippen molar-refractivity contribution in [2.75, 3.05) is 0 Å². The molecule has 0 unspecified atom stereocenters. The largest absolute Gasteiger partial charge is 0.484 e. The summed E-state index contributed by atoms with van der Waals surface area (Å²) in [7, 11) is 0. The molecule has 0 fully saturated rings. The van der Waals surface area contributed by atoms with Crippen LogP contribution in [0.1, 0.15) is 88.0 Å². The lowest BCUT2D eigenvalue weighted by Crippen LogP contribution is -2.30. The fourth-order valence-corrected chi connectivity index (χ4v) is 4.60. The number of rotatable bonds is 6. The normalized spacial score (nSPS) is 16.5. The van der Waals surface area contributed by atoms with E-state index in [9.17, 15) is 19.2 Å². The molecule has 0 aliphatic carbocycles. The minimum absolute atomic E-state index is 0.0860. The highest BCUT2D eigenvalue weighted by Crippen LogP contribution is 2.52. The maximum atomic E-state index is 13.8. The second-order valence-corrected chi connectivity index (χ2v) is 10.5. The predicted octanol–water partition coefficient (Wildman–Crippen LogP) is 5.86. The Balaban J connectivity index is 1.93. The first-order chi connectivity index (χ1) is 18.7. The SMILES string of the molecule is CC(=O)Oc1cc(OC(C)=O)cc([C@@H]2CC(=O)c3c(OC(C)=O)c4c(c(CC=C(C)C)c3O2)OC(C)(C)C=C4)c1. The molecule has 9 nitrogen and oxygen atoms in total. The minimum atomic E-state index is -0.828. The van der Waals surface area contributed by atoms with Gasteiger partial charge in [0.15, 0.2) is 11.5 Å². The van der Waals surface area contributed by atoms with Crippen molar-refractivity contribution < 1.29 is 42.9 Å². The fourth-order valence-electron chi connectivity index (χ4n) is 4.60. The van der Waals surface area contributed by atoms with Crippen LogP contribution in [-0.4, -0.2) is 29.3 Å². The van der Waals surface area contributed by atoms with Crippen LogP contribution >= 0.6 is 0 Å². The van der Waals surface area contributed by atoms with Gasteiger partial charge in [0.05, 0.1) is 12.0 Å². The fraction of sp³-hybridized carbons (Fsp3) is 0.355. The van der Waals surface area contributed by atoms with Crippen LogP contribution in [0.3, 0.4) is 0 Å². The molecule has 0 saturated heterocycles. The highest BCUT2D eigenvalue weighted by Gasteiger charge is 2.39. The predicted molar refractivity (Wildman–Crippen MR) is 146 cm³/mol. The van der Waals surface area contributed by atoms with E-state index in [1.165, 1.54) is 26.8 Å². The molecule has 0 N–H and O–H groups in total. The van der Waals surface area contributed by atoms with Gasteiger partial charge in [-0.05, 0) is 58.4 Å². The monoisotopic (exact) mass is 548 g/mol. The van der Waals surface area contributed by atoms with Gasteiger partial charge in [-0.25, -0.2) is 0 Å². The third kappa shape index (κ3) is 6.25. The van der Waals surface area contributed by atoms with E-state index in [4.69, 9.17) is 23.7 Å². The van der Waals surface area contributed by atoms with E-state index in [0.717, 1.165) is 5.57 Å². The standard InChI is InChI=1S/C31H32O9/c1-16(2)8-9-23-28-24(10-11-31(6,7)40-28)29(38-19(5)34)27-25(35)15-26(39-30(23)27)20-12-21(36-17(3)32)14-22(13-20)37-18(4)33/h8,10-14,26H,9,15H2,1-7H3/t26-/m0/s1. The van der Waals surface area contributed by atoms with Crippen molar-refractivity contribution in [2.24, 2.45) is 0 Å². The number of fused-ring (bicyclic) bond motifs is 2. The molecule has 9 heteroatoms. The maximum Gasteiger partial charge on any atom is 0.308 e. The molecule has 0 bridgehead atoms. The van der Waals surface area contributed by atoms with E-state index >= 15 is 0 Å². The van der Waals surface area contributed by atoms with E-state index in [1.54, 1.807) is 18.2 Å². The average molecular weight is 549 g/mol. The first kappa shape index (κ1) is 28.6.